The molecule has 0 spiro atoms. The lowest BCUT2D eigenvalue weighted by Gasteiger charge is -2.35. The van der Waals surface area contributed by atoms with E-state index in [4.69, 9.17) is 24.4 Å². The molecule has 0 bridgehead atoms. The molecule has 16 heteroatoms. The second kappa shape index (κ2) is 25.6. The minimum absolute atomic E-state index is 0.0138. The average Bonchev–Trinajstić information content (AvgIpc) is 3.68. The molecule has 3 heterocycles. The summed E-state index contributed by atoms with van der Waals surface area (Å²) in [6, 6.07) is 14.8. The summed E-state index contributed by atoms with van der Waals surface area (Å²) in [5.74, 6) is 10.1. The third-order valence-corrected chi connectivity index (χ3v) is 18.6. The van der Waals surface area contributed by atoms with Gasteiger partial charge in [0.25, 0.3) is 0 Å². The van der Waals surface area contributed by atoms with E-state index in [-0.39, 0.29) is 71.3 Å². The van der Waals surface area contributed by atoms with E-state index in [0.717, 1.165) is 22.8 Å². The molecule has 4 fully saturated rings. The number of ketones is 2. The number of benzene rings is 2. The molecule has 4 amide bonds. The SMILES string of the molecule is CC[C@@H](C)C(=S)N[C@H]1CCS[C@H]2CC(C)(C)[C@@H](C(=O)N[C@H](C(=O)CCC#CC#CCNC(=O)[C@@H](NC(=O)[C@H]3N4C(=O)[C@@H](CC(=S)[C@H](C)NC)CCS[C@H]4CC3(C)C)c3ccccc3)c3ccccc3)C2C1=O. The van der Waals surface area contributed by atoms with E-state index < -0.39 is 58.6 Å². The van der Waals surface area contributed by atoms with Crippen LogP contribution in [0.3, 0.4) is 0 Å². The van der Waals surface area contributed by atoms with Crippen molar-refractivity contribution in [1.29, 1.82) is 0 Å². The van der Waals surface area contributed by atoms with E-state index in [9.17, 15) is 28.8 Å². The quantitative estimate of drug-likeness (QED) is 0.0748. The molecule has 5 N–H and O–H groups in total. The molecule has 1 unspecified atom stereocenters. The van der Waals surface area contributed by atoms with Crippen LogP contribution in [0, 0.1) is 58.2 Å². The first kappa shape index (κ1) is 56.7. The number of thiocarbonyl (C=S) groups is 2. The standard InChI is InChI=1S/C56H72N6O6S4/c1-9-34(2)53(70)59-39-27-30-71-42-32-55(4,5)45(44(42)48(39)64)50(65)60-46(36-21-15-13-16-22-36)40(63)25-19-11-10-12-20-28-58-51(66)47(37-23-17-14-18-24-37)61-52(67)49-56(6,7)33-43-62(49)54(68)38(26-29-72-43)31-41(69)35(3)57-8/h13-18,21-24,34-35,38-39,42-47,49,57H,9,19,25-33H2,1-8H3,(H,58,66)(H,59,70)(H,60,65)(H,61,67)/t34-,35+,38-,39+,42+,43+,44?,45-,46+,47+,49-/m1/s1. The first-order valence-corrected chi connectivity index (χ1v) is 28.3. The third kappa shape index (κ3) is 13.8. The molecule has 1 saturated carbocycles. The predicted octanol–water partition coefficient (Wildman–Crippen LogP) is 7.32. The highest BCUT2D eigenvalue weighted by molar-refractivity contribution is 8.00. The van der Waals surface area contributed by atoms with E-state index in [0.29, 0.717) is 48.2 Å². The van der Waals surface area contributed by atoms with Gasteiger partial charge in [0, 0.05) is 46.8 Å². The Hall–Kier alpha value is -4.58. The number of carbonyl (C=O) groups excluding carboxylic acids is 6. The van der Waals surface area contributed by atoms with Crippen LogP contribution in [0.2, 0.25) is 0 Å². The summed E-state index contributed by atoms with van der Waals surface area (Å²) in [6.45, 7) is 14.1. The number of carbonyl (C=O) groups is 6. The van der Waals surface area contributed by atoms with Gasteiger partial charge in [-0.3, -0.25) is 28.8 Å². The van der Waals surface area contributed by atoms with Crippen molar-refractivity contribution in [3.63, 3.8) is 0 Å². The van der Waals surface area contributed by atoms with Gasteiger partial charge in [0.1, 0.15) is 18.1 Å². The monoisotopic (exact) mass is 1050 g/mol. The summed E-state index contributed by atoms with van der Waals surface area (Å²) in [4.78, 5) is 88.5. The van der Waals surface area contributed by atoms with Gasteiger partial charge < -0.3 is 31.5 Å². The Morgan fingerprint density at radius 2 is 1.44 bits per heavy atom. The Morgan fingerprint density at radius 1 is 0.819 bits per heavy atom. The smallest absolute Gasteiger partial charge is 0.247 e. The number of nitrogens with zero attached hydrogens (tertiary/aromatic N) is 1. The van der Waals surface area contributed by atoms with Gasteiger partial charge in [0.2, 0.25) is 23.6 Å². The van der Waals surface area contributed by atoms with E-state index in [2.05, 4.69) is 57.2 Å². The average molecular weight is 1050 g/mol. The molecule has 0 radical (unpaired) electrons. The van der Waals surface area contributed by atoms with Crippen molar-refractivity contribution in [3.8, 4) is 23.7 Å². The molecule has 11 atom stereocenters. The number of thioether (sulfide) groups is 2. The van der Waals surface area contributed by atoms with Crippen LogP contribution >= 0.6 is 48.0 Å². The first-order valence-electron chi connectivity index (χ1n) is 25.4. The lowest BCUT2D eigenvalue weighted by atomic mass is 9.75. The lowest BCUT2D eigenvalue weighted by molar-refractivity contribution is -0.144. The number of rotatable bonds is 18. The number of hydrogen-bond acceptors (Lipinski definition) is 11. The van der Waals surface area contributed by atoms with Crippen molar-refractivity contribution < 1.29 is 28.8 Å². The first-order chi connectivity index (χ1) is 34.3. The maximum atomic E-state index is 14.5. The molecule has 2 aromatic carbocycles. The minimum atomic E-state index is -1.06. The topological polar surface area (TPSA) is 166 Å². The molecule has 1 aliphatic carbocycles. The highest BCUT2D eigenvalue weighted by Crippen LogP contribution is 2.53. The molecule has 3 saturated heterocycles. The van der Waals surface area contributed by atoms with Crippen LogP contribution in [0.4, 0.5) is 0 Å². The van der Waals surface area contributed by atoms with Crippen LogP contribution < -0.4 is 26.6 Å². The molecular formula is C56H72N6O6S4. The van der Waals surface area contributed by atoms with Gasteiger partial charge in [-0.2, -0.15) is 11.8 Å². The zero-order chi connectivity index (χ0) is 52.3. The maximum Gasteiger partial charge on any atom is 0.247 e. The van der Waals surface area contributed by atoms with Crippen molar-refractivity contribution in [2.24, 2.45) is 34.5 Å². The zero-order valence-corrected chi connectivity index (χ0v) is 46.2. The van der Waals surface area contributed by atoms with Gasteiger partial charge in [-0.25, -0.2) is 0 Å². The summed E-state index contributed by atoms with van der Waals surface area (Å²) in [5, 5.41) is 15.2. The maximum absolute atomic E-state index is 14.5. The Labute approximate surface area is 446 Å². The van der Waals surface area contributed by atoms with Crippen LogP contribution in [0.1, 0.15) is 123 Å². The molecule has 2 aromatic rings. The second-order valence-corrected chi connectivity index (χ2v) is 24.6. The molecule has 386 valence electrons. The Bertz CT molecular complexity index is 2300. The summed E-state index contributed by atoms with van der Waals surface area (Å²) in [7, 11) is 1.84. The number of nitrogens with one attached hydrogen (secondary N) is 5. The molecule has 4 aliphatic rings. The number of amides is 4. The summed E-state index contributed by atoms with van der Waals surface area (Å²) in [5.41, 5.74) is 0.181. The van der Waals surface area contributed by atoms with Gasteiger partial charge in [-0.15, -0.1) is 11.8 Å². The Kier molecular flexibility index (Phi) is 20.1. The van der Waals surface area contributed by atoms with Gasteiger partial charge in [-0.1, -0.05) is 138 Å². The fourth-order valence-electron chi connectivity index (χ4n) is 10.6. The van der Waals surface area contributed by atoms with Crippen LogP contribution in [0.15, 0.2) is 60.7 Å². The van der Waals surface area contributed by atoms with Crippen LogP contribution in [0.5, 0.6) is 0 Å². The third-order valence-electron chi connectivity index (χ3n) is 14.9. The number of hydrogen-bond donors (Lipinski definition) is 5. The summed E-state index contributed by atoms with van der Waals surface area (Å²) < 4.78 is 0. The van der Waals surface area contributed by atoms with Gasteiger partial charge >= 0.3 is 0 Å². The predicted molar refractivity (Wildman–Crippen MR) is 297 cm³/mol. The largest absolute Gasteiger partial charge is 0.370 e. The van der Waals surface area contributed by atoms with Crippen molar-refractivity contribution in [3.05, 3.63) is 71.8 Å². The van der Waals surface area contributed by atoms with Crippen molar-refractivity contribution >= 4 is 93.0 Å². The lowest BCUT2D eigenvalue weighted by Crippen LogP contribution is -2.55. The van der Waals surface area contributed by atoms with Crippen LogP contribution in [-0.2, 0) is 28.8 Å². The van der Waals surface area contributed by atoms with Crippen molar-refractivity contribution in [2.75, 3.05) is 25.1 Å². The highest BCUT2D eigenvalue weighted by atomic mass is 32.2. The normalized spacial score (nSPS) is 25.7. The highest BCUT2D eigenvalue weighted by Gasteiger charge is 2.57. The zero-order valence-electron chi connectivity index (χ0n) is 42.9. The Balaban J connectivity index is 1.08. The molecular weight excluding hydrogens is 981 g/mol. The fraction of sp³-hybridized carbons (Fsp3) is 0.571. The molecule has 0 aromatic heterocycles. The molecule has 3 aliphatic heterocycles. The fourth-order valence-corrected chi connectivity index (χ4v) is 14.5. The van der Waals surface area contributed by atoms with E-state index in [1.54, 1.807) is 52.7 Å². The minimum Gasteiger partial charge on any atom is -0.370 e. The van der Waals surface area contributed by atoms with Gasteiger partial charge in [0.05, 0.1) is 28.9 Å². The molecule has 12 nitrogen and oxygen atoms in total. The van der Waals surface area contributed by atoms with E-state index >= 15 is 0 Å². The van der Waals surface area contributed by atoms with Crippen LogP contribution in [-0.4, -0.2) is 104 Å². The second-order valence-electron chi connectivity index (χ2n) is 21.0. The van der Waals surface area contributed by atoms with Crippen LogP contribution in [0.25, 0.3) is 0 Å². The van der Waals surface area contributed by atoms with Crippen molar-refractivity contribution in [1.82, 2.24) is 31.5 Å². The van der Waals surface area contributed by atoms with E-state index in [1.807, 2.05) is 85.0 Å². The molecule has 6 rings (SSSR count). The Morgan fingerprint density at radius 3 is 2.10 bits per heavy atom. The van der Waals surface area contributed by atoms with Crippen molar-refractivity contribution in [2.45, 2.75) is 141 Å². The summed E-state index contributed by atoms with van der Waals surface area (Å²) >= 11 is 14.8. The molecule has 72 heavy (non-hydrogen) atoms. The number of Topliss-reactive ketones (excluding diaryl/α,β-unsaturated/α-hetero) is 2. The van der Waals surface area contributed by atoms with Gasteiger partial charge in [-0.05, 0) is 97.8 Å². The summed E-state index contributed by atoms with van der Waals surface area (Å²) in [6.07, 6.45) is 4.20. The van der Waals surface area contributed by atoms with Gasteiger partial charge in [0.15, 0.2) is 11.6 Å². The van der Waals surface area contributed by atoms with E-state index in [1.165, 1.54) is 0 Å². The number of fused-ring (bicyclic) bond motifs is 2.